The molecule has 3 nitrogen and oxygen atoms in total. The number of hydrogen-bond acceptors (Lipinski definition) is 3. The predicted octanol–water partition coefficient (Wildman–Crippen LogP) is 3.48. The third-order valence-electron chi connectivity index (χ3n) is 2.98. The van der Waals surface area contributed by atoms with E-state index in [2.05, 4.69) is 42.1 Å². The average Bonchev–Trinajstić information content (AvgIpc) is 2.84. The van der Waals surface area contributed by atoms with Gasteiger partial charge in [0.15, 0.2) is 0 Å². The van der Waals surface area contributed by atoms with Gasteiger partial charge in [0, 0.05) is 24.3 Å². The highest BCUT2D eigenvalue weighted by atomic mass is 32.2. The first-order valence-corrected chi connectivity index (χ1v) is 8.30. The Hall–Kier alpha value is -0.480. The zero-order valence-corrected chi connectivity index (χ0v) is 12.8. The summed E-state index contributed by atoms with van der Waals surface area (Å²) in [4.78, 5) is 0. The number of nitrogens with one attached hydrogen (secondary N) is 1. The quantitative estimate of drug-likeness (QED) is 0.660. The normalized spacial score (nSPS) is 12.8. The highest BCUT2D eigenvalue weighted by molar-refractivity contribution is 7.99. The molecule has 0 aliphatic carbocycles. The topological polar surface area (TPSA) is 29.9 Å². The molecule has 104 valence electrons. The summed E-state index contributed by atoms with van der Waals surface area (Å²) in [5.74, 6) is 2.44. The van der Waals surface area contributed by atoms with E-state index in [1.807, 2.05) is 18.0 Å². The second-order valence-corrected chi connectivity index (χ2v) is 5.90. The lowest BCUT2D eigenvalue weighted by Gasteiger charge is -2.14. The summed E-state index contributed by atoms with van der Waals surface area (Å²) in [6, 6.07) is 0.462. The molecule has 1 rings (SSSR count). The van der Waals surface area contributed by atoms with Gasteiger partial charge in [-0.3, -0.25) is 4.68 Å². The van der Waals surface area contributed by atoms with Gasteiger partial charge < -0.3 is 5.32 Å². The SMILES string of the molecule is CCCNC(CC)c1cnn(CCCSCC)c1. The van der Waals surface area contributed by atoms with E-state index in [0.717, 1.165) is 19.5 Å². The van der Waals surface area contributed by atoms with E-state index in [-0.39, 0.29) is 0 Å². The molecule has 1 unspecified atom stereocenters. The van der Waals surface area contributed by atoms with Gasteiger partial charge in [-0.2, -0.15) is 16.9 Å². The number of aromatic nitrogens is 2. The minimum Gasteiger partial charge on any atom is -0.310 e. The molecule has 0 amide bonds. The van der Waals surface area contributed by atoms with Crippen LogP contribution in [-0.4, -0.2) is 27.8 Å². The van der Waals surface area contributed by atoms with Gasteiger partial charge in [0.05, 0.1) is 6.20 Å². The molecule has 1 aromatic rings. The van der Waals surface area contributed by atoms with Crippen molar-refractivity contribution in [2.24, 2.45) is 0 Å². The van der Waals surface area contributed by atoms with E-state index in [1.54, 1.807) is 0 Å². The average molecular weight is 269 g/mol. The lowest BCUT2D eigenvalue weighted by molar-refractivity contribution is 0.517. The fraction of sp³-hybridized carbons (Fsp3) is 0.786. The van der Waals surface area contributed by atoms with Crippen molar-refractivity contribution in [3.05, 3.63) is 18.0 Å². The van der Waals surface area contributed by atoms with Gasteiger partial charge in [0.1, 0.15) is 0 Å². The summed E-state index contributed by atoms with van der Waals surface area (Å²) in [7, 11) is 0. The molecule has 0 saturated carbocycles. The van der Waals surface area contributed by atoms with Gasteiger partial charge in [0.2, 0.25) is 0 Å². The van der Waals surface area contributed by atoms with Crippen LogP contribution >= 0.6 is 11.8 Å². The summed E-state index contributed by atoms with van der Waals surface area (Å²) >= 11 is 2.00. The van der Waals surface area contributed by atoms with Crippen molar-refractivity contribution in [2.75, 3.05) is 18.1 Å². The van der Waals surface area contributed by atoms with Crippen LogP contribution in [0.4, 0.5) is 0 Å². The number of rotatable bonds is 10. The zero-order chi connectivity index (χ0) is 13.2. The first kappa shape index (κ1) is 15.6. The van der Waals surface area contributed by atoms with Crippen LogP contribution in [0.5, 0.6) is 0 Å². The van der Waals surface area contributed by atoms with Crippen molar-refractivity contribution in [1.29, 1.82) is 0 Å². The molecule has 0 radical (unpaired) electrons. The highest BCUT2D eigenvalue weighted by Gasteiger charge is 2.10. The van der Waals surface area contributed by atoms with Crippen LogP contribution in [0.25, 0.3) is 0 Å². The van der Waals surface area contributed by atoms with Crippen molar-refractivity contribution in [1.82, 2.24) is 15.1 Å². The van der Waals surface area contributed by atoms with E-state index >= 15 is 0 Å². The Labute approximate surface area is 116 Å². The highest BCUT2D eigenvalue weighted by Crippen LogP contribution is 2.15. The van der Waals surface area contributed by atoms with Gasteiger partial charge in [0.25, 0.3) is 0 Å². The molecule has 0 aromatic carbocycles. The molecule has 1 atom stereocenters. The van der Waals surface area contributed by atoms with Crippen molar-refractivity contribution >= 4 is 11.8 Å². The second kappa shape index (κ2) is 9.45. The predicted molar refractivity (Wildman–Crippen MR) is 81.2 cm³/mol. The maximum Gasteiger partial charge on any atom is 0.0537 e. The van der Waals surface area contributed by atoms with Crippen molar-refractivity contribution in [2.45, 2.75) is 52.6 Å². The lowest BCUT2D eigenvalue weighted by Crippen LogP contribution is -2.21. The Kier molecular flexibility index (Phi) is 8.18. The van der Waals surface area contributed by atoms with Crippen LogP contribution in [0.3, 0.4) is 0 Å². The third-order valence-corrected chi connectivity index (χ3v) is 3.97. The molecule has 1 N–H and O–H groups in total. The van der Waals surface area contributed by atoms with Crippen molar-refractivity contribution in [3.8, 4) is 0 Å². The number of thioether (sulfide) groups is 1. The maximum atomic E-state index is 4.46. The summed E-state index contributed by atoms with van der Waals surface area (Å²) in [5, 5.41) is 8.03. The molecule has 0 aliphatic heterocycles. The molecule has 0 saturated heterocycles. The molecule has 1 aromatic heterocycles. The van der Waals surface area contributed by atoms with E-state index < -0.39 is 0 Å². The van der Waals surface area contributed by atoms with Gasteiger partial charge in [-0.05, 0) is 37.3 Å². The number of aryl methyl sites for hydroxylation is 1. The number of nitrogens with zero attached hydrogens (tertiary/aromatic N) is 2. The van der Waals surface area contributed by atoms with Crippen LogP contribution in [0, 0.1) is 0 Å². The van der Waals surface area contributed by atoms with Crippen LogP contribution in [0.15, 0.2) is 12.4 Å². The van der Waals surface area contributed by atoms with E-state index in [4.69, 9.17) is 0 Å². The maximum absolute atomic E-state index is 4.46. The van der Waals surface area contributed by atoms with E-state index in [1.165, 1.54) is 29.9 Å². The molecule has 1 heterocycles. The van der Waals surface area contributed by atoms with Crippen molar-refractivity contribution < 1.29 is 0 Å². The Morgan fingerprint density at radius 2 is 2.22 bits per heavy atom. The molecule has 4 heteroatoms. The second-order valence-electron chi connectivity index (χ2n) is 4.50. The molecule has 0 bridgehead atoms. The summed E-state index contributed by atoms with van der Waals surface area (Å²) in [6.45, 7) is 8.76. The Morgan fingerprint density at radius 3 is 2.89 bits per heavy atom. The first-order chi connectivity index (χ1) is 8.81. The minimum atomic E-state index is 0.462. The smallest absolute Gasteiger partial charge is 0.0537 e. The summed E-state index contributed by atoms with van der Waals surface area (Å²) in [5.41, 5.74) is 1.33. The summed E-state index contributed by atoms with van der Waals surface area (Å²) < 4.78 is 2.09. The molecule has 0 fully saturated rings. The van der Waals surface area contributed by atoms with Gasteiger partial charge in [-0.25, -0.2) is 0 Å². The minimum absolute atomic E-state index is 0.462. The zero-order valence-electron chi connectivity index (χ0n) is 12.0. The Bertz CT molecular complexity index is 312. The fourth-order valence-corrected chi connectivity index (χ4v) is 2.59. The Morgan fingerprint density at radius 1 is 1.39 bits per heavy atom. The molecule has 0 spiro atoms. The first-order valence-electron chi connectivity index (χ1n) is 7.15. The molecule has 0 aliphatic rings. The van der Waals surface area contributed by atoms with Crippen LogP contribution in [0.2, 0.25) is 0 Å². The van der Waals surface area contributed by atoms with E-state index in [0.29, 0.717) is 6.04 Å². The molecular weight excluding hydrogens is 242 g/mol. The van der Waals surface area contributed by atoms with Crippen LogP contribution < -0.4 is 5.32 Å². The fourth-order valence-electron chi connectivity index (χ4n) is 1.97. The largest absolute Gasteiger partial charge is 0.310 e. The lowest BCUT2D eigenvalue weighted by atomic mass is 10.1. The van der Waals surface area contributed by atoms with Crippen LogP contribution in [0.1, 0.15) is 51.6 Å². The standard InChI is InChI=1S/C14H27N3S/c1-4-8-15-14(5-2)13-11-16-17(12-13)9-7-10-18-6-3/h11-12,14-15H,4-10H2,1-3H3. The van der Waals surface area contributed by atoms with E-state index in [9.17, 15) is 0 Å². The molecular formula is C14H27N3S. The van der Waals surface area contributed by atoms with Crippen LogP contribution in [-0.2, 0) is 6.54 Å². The van der Waals surface area contributed by atoms with Gasteiger partial charge >= 0.3 is 0 Å². The monoisotopic (exact) mass is 269 g/mol. The van der Waals surface area contributed by atoms with Crippen molar-refractivity contribution in [3.63, 3.8) is 0 Å². The number of hydrogen-bond donors (Lipinski definition) is 1. The van der Waals surface area contributed by atoms with Gasteiger partial charge in [-0.1, -0.05) is 20.8 Å². The Balaban J connectivity index is 2.40. The molecule has 18 heavy (non-hydrogen) atoms. The van der Waals surface area contributed by atoms with Gasteiger partial charge in [-0.15, -0.1) is 0 Å². The summed E-state index contributed by atoms with van der Waals surface area (Å²) in [6.07, 6.45) is 7.73. The third kappa shape index (κ3) is 5.44.